The fourth-order valence-electron chi connectivity index (χ4n) is 1.29. The topological polar surface area (TPSA) is 58.2 Å². The van der Waals surface area contributed by atoms with Crippen LogP contribution in [0.15, 0.2) is 0 Å². The largest absolute Gasteiger partial charge is 0.378 e. The first-order chi connectivity index (χ1) is 9.77. The number of nitrogens with one attached hydrogen (secondary N) is 1. The van der Waals surface area contributed by atoms with E-state index in [4.69, 9.17) is 23.5 Å². The van der Waals surface area contributed by atoms with Gasteiger partial charge in [0.2, 0.25) is 0 Å². The smallest absolute Gasteiger partial charge is 0.0736 e. The lowest BCUT2D eigenvalue weighted by Gasteiger charge is -2.09. The Kier molecular flexibility index (Phi) is 17.4. The highest BCUT2D eigenvalue weighted by molar-refractivity contribution is 7.09. The normalized spacial score (nSPS) is 11.4. The first-order valence-corrected chi connectivity index (χ1v) is 7.60. The zero-order chi connectivity index (χ0) is 14.9. The summed E-state index contributed by atoms with van der Waals surface area (Å²) in [5.41, 5.74) is 0. The highest BCUT2D eigenvalue weighted by atomic mass is 31.0. The van der Waals surface area contributed by atoms with Crippen molar-refractivity contribution in [2.75, 3.05) is 66.0 Å². The Morgan fingerprint density at radius 2 is 1.10 bits per heavy atom. The molecule has 1 unspecified atom stereocenters. The molecule has 0 amide bonds. The van der Waals surface area contributed by atoms with Gasteiger partial charge in [0.1, 0.15) is 0 Å². The van der Waals surface area contributed by atoms with Crippen LogP contribution in [0.25, 0.3) is 0 Å². The molecule has 0 aliphatic carbocycles. The van der Waals surface area contributed by atoms with Gasteiger partial charge in [-0.15, -0.1) is 0 Å². The molecule has 0 aromatic rings. The van der Waals surface area contributed by atoms with E-state index in [9.17, 15) is 0 Å². The van der Waals surface area contributed by atoms with Gasteiger partial charge in [0, 0.05) is 22.1 Å². The minimum Gasteiger partial charge on any atom is -0.378 e. The second-order valence-electron chi connectivity index (χ2n) is 4.43. The van der Waals surface area contributed by atoms with Crippen molar-refractivity contribution in [3.8, 4) is 0 Å². The molecule has 0 rings (SSSR count). The van der Waals surface area contributed by atoms with Crippen molar-refractivity contribution in [3.63, 3.8) is 0 Å². The molecule has 0 saturated heterocycles. The molecule has 0 aromatic carbocycles. The van der Waals surface area contributed by atoms with Gasteiger partial charge in [0.15, 0.2) is 0 Å². The second kappa shape index (κ2) is 17.2. The van der Waals surface area contributed by atoms with Crippen LogP contribution >= 0.6 is 9.47 Å². The number of hydrogen-bond donors (Lipinski definition) is 1. The lowest BCUT2D eigenvalue weighted by atomic mass is 10.4. The summed E-state index contributed by atoms with van der Waals surface area (Å²) in [5.74, 6) is 0. The fraction of sp³-hybridized carbons (Fsp3) is 1.00. The van der Waals surface area contributed by atoms with Crippen molar-refractivity contribution < 1.29 is 23.5 Å². The number of ether oxygens (including phenoxy) is 4. The molecule has 122 valence electrons. The molecule has 7 heteroatoms. The average Bonchev–Trinajstić information content (AvgIpc) is 2.43. The minimum atomic E-state index is 0.504. The summed E-state index contributed by atoms with van der Waals surface area (Å²) in [4.78, 5) is 0. The molecule has 0 saturated carbocycles. The molecule has 20 heavy (non-hydrogen) atoms. The third-order valence-electron chi connectivity index (χ3n) is 2.26. The van der Waals surface area contributed by atoms with E-state index >= 15 is 0 Å². The molecule has 0 spiro atoms. The van der Waals surface area contributed by atoms with Crippen molar-refractivity contribution in [2.24, 2.45) is 0 Å². The molecule has 0 aliphatic heterocycles. The van der Waals surface area contributed by atoms with Gasteiger partial charge in [-0.3, -0.25) is 0 Å². The van der Waals surface area contributed by atoms with Crippen LogP contribution in [0.1, 0.15) is 13.8 Å². The summed E-state index contributed by atoms with van der Waals surface area (Å²) in [7, 11) is 2.19. The SMILES string of the molecule is CC(C)NCCOCCOCCOCCOCCOP. The lowest BCUT2D eigenvalue weighted by Crippen LogP contribution is -2.27. The van der Waals surface area contributed by atoms with E-state index in [1.54, 1.807) is 0 Å². The zero-order valence-electron chi connectivity index (χ0n) is 12.8. The van der Waals surface area contributed by atoms with Crippen molar-refractivity contribution in [3.05, 3.63) is 0 Å². The van der Waals surface area contributed by atoms with E-state index in [1.165, 1.54) is 0 Å². The Bertz CT molecular complexity index is 186. The molecule has 0 aromatic heterocycles. The Morgan fingerprint density at radius 3 is 1.50 bits per heavy atom. The molecular weight excluding hydrogens is 281 g/mol. The predicted octanol–water partition coefficient (Wildman–Crippen LogP) is 0.857. The van der Waals surface area contributed by atoms with Gasteiger partial charge < -0.3 is 28.8 Å². The van der Waals surface area contributed by atoms with Crippen molar-refractivity contribution >= 4 is 9.47 Å². The van der Waals surface area contributed by atoms with Crippen LogP contribution in [0, 0.1) is 0 Å². The van der Waals surface area contributed by atoms with Gasteiger partial charge in [0.25, 0.3) is 0 Å². The van der Waals surface area contributed by atoms with E-state index in [-0.39, 0.29) is 0 Å². The zero-order valence-corrected chi connectivity index (χ0v) is 13.9. The molecule has 0 aliphatic rings. The van der Waals surface area contributed by atoms with Crippen LogP contribution in [0.2, 0.25) is 0 Å². The maximum absolute atomic E-state index is 5.40. The predicted molar refractivity (Wildman–Crippen MR) is 82.1 cm³/mol. The van der Waals surface area contributed by atoms with Crippen LogP contribution in [0.4, 0.5) is 0 Å². The Balaban J connectivity index is 2.92. The Hall–Kier alpha value is 0.190. The lowest BCUT2D eigenvalue weighted by molar-refractivity contribution is -0.00382. The van der Waals surface area contributed by atoms with E-state index in [0.29, 0.717) is 58.9 Å². The summed E-state index contributed by atoms with van der Waals surface area (Å²) in [6.07, 6.45) is 0. The summed E-state index contributed by atoms with van der Waals surface area (Å²) in [6.45, 7) is 10.6. The van der Waals surface area contributed by atoms with Crippen LogP contribution in [-0.2, 0) is 23.5 Å². The highest BCUT2D eigenvalue weighted by Crippen LogP contribution is 1.86. The minimum absolute atomic E-state index is 0.504. The van der Waals surface area contributed by atoms with Crippen molar-refractivity contribution in [1.29, 1.82) is 0 Å². The van der Waals surface area contributed by atoms with E-state index in [0.717, 1.165) is 13.2 Å². The molecule has 0 fully saturated rings. The number of rotatable bonds is 16. The van der Waals surface area contributed by atoms with Gasteiger partial charge in [-0.05, 0) is 0 Å². The first kappa shape index (κ1) is 20.2. The highest BCUT2D eigenvalue weighted by Gasteiger charge is 1.94. The maximum Gasteiger partial charge on any atom is 0.0736 e. The van der Waals surface area contributed by atoms with Crippen LogP contribution < -0.4 is 5.32 Å². The van der Waals surface area contributed by atoms with Crippen LogP contribution in [0.3, 0.4) is 0 Å². The molecule has 1 atom stereocenters. The van der Waals surface area contributed by atoms with Gasteiger partial charge >= 0.3 is 0 Å². The molecule has 0 radical (unpaired) electrons. The Labute approximate surface area is 125 Å². The van der Waals surface area contributed by atoms with Gasteiger partial charge in [-0.25, -0.2) is 0 Å². The van der Waals surface area contributed by atoms with Gasteiger partial charge in [-0.2, -0.15) is 0 Å². The van der Waals surface area contributed by atoms with Gasteiger partial charge in [-0.1, -0.05) is 13.8 Å². The first-order valence-electron chi connectivity index (χ1n) is 7.13. The van der Waals surface area contributed by atoms with Crippen molar-refractivity contribution in [2.45, 2.75) is 19.9 Å². The summed E-state index contributed by atoms with van der Waals surface area (Å²) in [6, 6.07) is 0.504. The van der Waals surface area contributed by atoms with Crippen LogP contribution in [-0.4, -0.2) is 72.0 Å². The third kappa shape index (κ3) is 18.2. The summed E-state index contributed by atoms with van der Waals surface area (Å²) >= 11 is 0. The number of hydrogen-bond acceptors (Lipinski definition) is 6. The fourth-order valence-corrected chi connectivity index (χ4v) is 1.38. The second-order valence-corrected chi connectivity index (χ2v) is 4.76. The Morgan fingerprint density at radius 1 is 0.700 bits per heavy atom. The van der Waals surface area contributed by atoms with Crippen LogP contribution in [0.5, 0.6) is 0 Å². The molecule has 6 nitrogen and oxygen atoms in total. The van der Waals surface area contributed by atoms with E-state index in [1.807, 2.05) is 0 Å². The van der Waals surface area contributed by atoms with Crippen molar-refractivity contribution in [1.82, 2.24) is 5.32 Å². The maximum atomic E-state index is 5.40. The monoisotopic (exact) mass is 311 g/mol. The molecular formula is C13H30NO5P. The quantitative estimate of drug-likeness (QED) is 0.337. The van der Waals surface area contributed by atoms with Gasteiger partial charge in [0.05, 0.1) is 59.5 Å². The summed E-state index contributed by atoms with van der Waals surface area (Å²) < 4.78 is 26.1. The molecule has 0 heterocycles. The molecule has 1 N–H and O–H groups in total. The average molecular weight is 311 g/mol. The standard InChI is InChI=1S/C13H30NO5P/c1-13(2)14-3-4-15-5-6-16-7-8-17-9-10-18-11-12-19-20/h13-14H,3-12,20H2,1-2H3. The van der Waals surface area contributed by atoms with E-state index in [2.05, 4.69) is 28.6 Å². The molecule has 0 bridgehead atoms. The third-order valence-corrected chi connectivity index (χ3v) is 2.50. The summed E-state index contributed by atoms with van der Waals surface area (Å²) in [5, 5.41) is 3.28. The van der Waals surface area contributed by atoms with E-state index < -0.39 is 0 Å².